The van der Waals surface area contributed by atoms with Gasteiger partial charge in [0.15, 0.2) is 0 Å². The first-order valence-electron chi connectivity index (χ1n) is 4.71. The molecule has 0 aliphatic carbocycles. The molecule has 1 aromatic rings. The van der Waals surface area contributed by atoms with Crippen LogP contribution in [0.1, 0.15) is 12.0 Å². The van der Waals surface area contributed by atoms with Crippen LogP contribution in [-0.4, -0.2) is 27.3 Å². The first-order valence-corrected chi connectivity index (χ1v) is 4.71. The zero-order valence-electron chi connectivity index (χ0n) is 8.56. The molecule has 0 unspecified atom stereocenters. The molecule has 15 heavy (non-hydrogen) atoms. The maximum Gasteiger partial charge on any atom is 0.328 e. The molecule has 1 aromatic heterocycles. The van der Waals surface area contributed by atoms with E-state index in [1.54, 1.807) is 6.92 Å². The summed E-state index contributed by atoms with van der Waals surface area (Å²) in [5.41, 5.74) is 5.16. The van der Waals surface area contributed by atoms with Gasteiger partial charge in [-0.1, -0.05) is 0 Å². The van der Waals surface area contributed by atoms with E-state index in [0.29, 0.717) is 18.5 Å². The summed E-state index contributed by atoms with van der Waals surface area (Å²) in [5, 5.41) is 8.71. The Balaban J connectivity index is 2.82. The van der Waals surface area contributed by atoms with Gasteiger partial charge in [-0.25, -0.2) is 4.79 Å². The van der Waals surface area contributed by atoms with Gasteiger partial charge in [0.25, 0.3) is 5.56 Å². The smallest absolute Gasteiger partial charge is 0.328 e. The summed E-state index contributed by atoms with van der Waals surface area (Å²) in [4.78, 5) is 24.5. The van der Waals surface area contributed by atoms with Gasteiger partial charge in [0.05, 0.1) is 6.61 Å². The highest BCUT2D eigenvalue weighted by Crippen LogP contribution is 1.91. The van der Waals surface area contributed by atoms with Crippen LogP contribution in [0.25, 0.3) is 0 Å². The maximum absolute atomic E-state index is 11.3. The van der Waals surface area contributed by atoms with Crippen LogP contribution in [0.4, 0.5) is 0 Å². The zero-order valence-corrected chi connectivity index (χ0v) is 8.56. The van der Waals surface area contributed by atoms with E-state index in [9.17, 15) is 9.59 Å². The Morgan fingerprint density at radius 3 is 2.87 bits per heavy atom. The molecule has 0 saturated carbocycles. The molecular weight excluding hydrogens is 198 g/mol. The molecule has 6 heteroatoms. The monoisotopic (exact) mass is 213 g/mol. The Morgan fingerprint density at radius 1 is 1.60 bits per heavy atom. The minimum atomic E-state index is -0.448. The van der Waals surface area contributed by atoms with Crippen molar-refractivity contribution < 1.29 is 5.11 Å². The normalized spacial score (nSPS) is 12.7. The summed E-state index contributed by atoms with van der Waals surface area (Å²) in [5.74, 6) is 0. The number of aryl methyl sites for hydroxylation is 2. The van der Waals surface area contributed by atoms with E-state index in [2.05, 4.69) is 4.98 Å². The quantitative estimate of drug-likeness (QED) is 0.569. The highest BCUT2D eigenvalue weighted by atomic mass is 16.3. The molecule has 0 fully saturated rings. The van der Waals surface area contributed by atoms with E-state index in [0.717, 1.165) is 0 Å². The van der Waals surface area contributed by atoms with Crippen molar-refractivity contribution >= 4 is 0 Å². The van der Waals surface area contributed by atoms with Gasteiger partial charge in [-0.3, -0.25) is 9.78 Å². The Kier molecular flexibility index (Phi) is 3.81. The molecule has 84 valence electrons. The van der Waals surface area contributed by atoms with Gasteiger partial charge in [-0.2, -0.15) is 0 Å². The number of nitrogens with zero attached hydrogens (tertiary/aromatic N) is 1. The molecule has 1 heterocycles. The number of nitrogens with one attached hydrogen (secondary N) is 1. The SMILES string of the molecule is Cc1cn(CC[C@@H](N)CO)c(=O)[nH]c1=O. The van der Waals surface area contributed by atoms with E-state index >= 15 is 0 Å². The van der Waals surface area contributed by atoms with Gasteiger partial charge in [0.2, 0.25) is 0 Å². The van der Waals surface area contributed by atoms with Crippen molar-refractivity contribution in [2.45, 2.75) is 25.9 Å². The summed E-state index contributed by atoms with van der Waals surface area (Å²) >= 11 is 0. The average molecular weight is 213 g/mol. The van der Waals surface area contributed by atoms with Crippen LogP contribution in [0.3, 0.4) is 0 Å². The molecule has 0 radical (unpaired) electrons. The molecule has 6 nitrogen and oxygen atoms in total. The summed E-state index contributed by atoms with van der Waals surface area (Å²) in [6.07, 6.45) is 1.98. The highest BCUT2D eigenvalue weighted by molar-refractivity contribution is 5.00. The van der Waals surface area contributed by atoms with Crippen LogP contribution in [0.2, 0.25) is 0 Å². The third kappa shape index (κ3) is 3.03. The van der Waals surface area contributed by atoms with Crippen molar-refractivity contribution in [1.29, 1.82) is 0 Å². The molecule has 0 amide bonds. The summed E-state index contributed by atoms with van der Waals surface area (Å²) in [7, 11) is 0. The number of aromatic nitrogens is 2. The second kappa shape index (κ2) is 4.90. The third-order valence-electron chi connectivity index (χ3n) is 2.16. The Bertz CT molecular complexity index is 435. The molecule has 0 aliphatic heterocycles. The van der Waals surface area contributed by atoms with Gasteiger partial charge in [0.1, 0.15) is 0 Å². The highest BCUT2D eigenvalue weighted by Gasteiger charge is 2.03. The Morgan fingerprint density at radius 2 is 2.27 bits per heavy atom. The van der Waals surface area contributed by atoms with Gasteiger partial charge in [-0.15, -0.1) is 0 Å². The third-order valence-corrected chi connectivity index (χ3v) is 2.16. The summed E-state index contributed by atoms with van der Waals surface area (Å²) in [6.45, 7) is 1.90. The predicted molar refractivity (Wildman–Crippen MR) is 55.7 cm³/mol. The lowest BCUT2D eigenvalue weighted by Crippen LogP contribution is -2.33. The number of aliphatic hydroxyl groups excluding tert-OH is 1. The van der Waals surface area contributed by atoms with Crippen LogP contribution in [-0.2, 0) is 6.54 Å². The summed E-state index contributed by atoms with van der Waals surface area (Å²) < 4.78 is 1.38. The molecule has 0 aromatic carbocycles. The fraction of sp³-hybridized carbons (Fsp3) is 0.556. The number of hydrogen-bond donors (Lipinski definition) is 3. The van der Waals surface area contributed by atoms with Crippen molar-refractivity contribution in [3.63, 3.8) is 0 Å². The van der Waals surface area contributed by atoms with E-state index in [-0.39, 0.29) is 18.2 Å². The zero-order chi connectivity index (χ0) is 11.4. The maximum atomic E-state index is 11.3. The molecule has 0 saturated heterocycles. The van der Waals surface area contributed by atoms with E-state index in [4.69, 9.17) is 10.8 Å². The van der Waals surface area contributed by atoms with Crippen LogP contribution in [0, 0.1) is 6.92 Å². The number of rotatable bonds is 4. The number of hydrogen-bond acceptors (Lipinski definition) is 4. The molecule has 0 spiro atoms. The number of aliphatic hydroxyl groups is 1. The van der Waals surface area contributed by atoms with Crippen LogP contribution >= 0.6 is 0 Å². The topological polar surface area (TPSA) is 101 Å². The van der Waals surface area contributed by atoms with Gasteiger partial charge in [0, 0.05) is 24.3 Å². The van der Waals surface area contributed by atoms with Gasteiger partial charge >= 0.3 is 5.69 Å². The fourth-order valence-electron chi connectivity index (χ4n) is 1.18. The van der Waals surface area contributed by atoms with Gasteiger partial charge in [-0.05, 0) is 13.3 Å². The second-order valence-corrected chi connectivity index (χ2v) is 3.50. The number of H-pyrrole nitrogens is 1. The van der Waals surface area contributed by atoms with E-state index in [1.165, 1.54) is 10.8 Å². The Labute approximate surface area is 86.4 Å². The lowest BCUT2D eigenvalue weighted by atomic mass is 10.2. The van der Waals surface area contributed by atoms with E-state index in [1.807, 2.05) is 0 Å². The molecule has 0 aliphatic rings. The van der Waals surface area contributed by atoms with Crippen molar-refractivity contribution in [2.75, 3.05) is 6.61 Å². The minimum absolute atomic E-state index is 0.114. The molecule has 1 rings (SSSR count). The van der Waals surface area contributed by atoms with Crippen LogP contribution in [0.5, 0.6) is 0 Å². The van der Waals surface area contributed by atoms with Crippen molar-refractivity contribution in [3.8, 4) is 0 Å². The lowest BCUT2D eigenvalue weighted by molar-refractivity contribution is 0.255. The minimum Gasteiger partial charge on any atom is -0.395 e. The number of nitrogens with two attached hydrogens (primary N) is 1. The van der Waals surface area contributed by atoms with Crippen LogP contribution < -0.4 is 17.0 Å². The van der Waals surface area contributed by atoms with E-state index < -0.39 is 5.69 Å². The van der Waals surface area contributed by atoms with Crippen molar-refractivity contribution in [3.05, 3.63) is 32.6 Å². The molecule has 4 N–H and O–H groups in total. The first kappa shape index (κ1) is 11.7. The summed E-state index contributed by atoms with van der Waals surface area (Å²) in [6, 6.07) is -0.343. The molecule has 0 bridgehead atoms. The predicted octanol–water partition coefficient (Wildman–Crippen LogP) is -1.45. The Hall–Kier alpha value is -1.40. The van der Waals surface area contributed by atoms with Gasteiger partial charge < -0.3 is 15.4 Å². The van der Waals surface area contributed by atoms with Crippen LogP contribution in [0.15, 0.2) is 15.8 Å². The standard InChI is InChI=1S/C9H15N3O3/c1-6-4-12(3-2-7(10)5-13)9(15)11-8(6)14/h4,7,13H,2-3,5,10H2,1H3,(H,11,14,15)/t7-/m1/s1. The largest absolute Gasteiger partial charge is 0.395 e. The molecular formula is C9H15N3O3. The lowest BCUT2D eigenvalue weighted by Gasteiger charge is -2.09. The average Bonchev–Trinajstić information content (AvgIpc) is 2.21. The van der Waals surface area contributed by atoms with Crippen molar-refractivity contribution in [1.82, 2.24) is 9.55 Å². The number of aromatic amines is 1. The first-order chi connectivity index (χ1) is 7.04. The molecule has 1 atom stereocenters. The second-order valence-electron chi connectivity index (χ2n) is 3.50. The van der Waals surface area contributed by atoms with Crippen molar-refractivity contribution in [2.24, 2.45) is 5.73 Å². The fourth-order valence-corrected chi connectivity index (χ4v) is 1.18.